The summed E-state index contributed by atoms with van der Waals surface area (Å²) in [4.78, 5) is 22.7. The number of carboxylic acid groups (broad SMARTS) is 1. The predicted octanol–water partition coefficient (Wildman–Crippen LogP) is 1.59. The van der Waals surface area contributed by atoms with Crippen molar-refractivity contribution in [1.82, 2.24) is 10.6 Å². The molecule has 0 spiro atoms. The molecule has 0 aromatic heterocycles. The van der Waals surface area contributed by atoms with Crippen LogP contribution in [0.2, 0.25) is 0 Å². The van der Waals surface area contributed by atoms with Crippen LogP contribution in [0.15, 0.2) is 0 Å². The minimum absolute atomic E-state index is 0.213. The predicted molar refractivity (Wildman–Crippen MR) is 69.6 cm³/mol. The fourth-order valence-electron chi connectivity index (χ4n) is 3.78. The molecule has 3 N–H and O–H groups in total. The Kier molecular flexibility index (Phi) is 3.15. The van der Waals surface area contributed by atoms with E-state index < -0.39 is 11.4 Å². The van der Waals surface area contributed by atoms with Gasteiger partial charge in [-0.1, -0.05) is 6.42 Å². The first-order valence-corrected chi connectivity index (χ1v) is 7.34. The molecule has 3 aliphatic carbocycles. The van der Waals surface area contributed by atoms with Gasteiger partial charge in [-0.05, 0) is 49.9 Å². The maximum atomic E-state index is 11.7. The zero-order valence-corrected chi connectivity index (χ0v) is 11.2. The number of amides is 2. The Labute approximate surface area is 113 Å². The number of aliphatic carboxylic acids is 1. The van der Waals surface area contributed by atoms with Crippen LogP contribution in [0.1, 0.15) is 38.5 Å². The van der Waals surface area contributed by atoms with Crippen molar-refractivity contribution in [2.75, 3.05) is 13.1 Å². The van der Waals surface area contributed by atoms with Crippen molar-refractivity contribution in [2.45, 2.75) is 38.5 Å². The fraction of sp³-hybridized carbons (Fsp3) is 0.857. The highest BCUT2D eigenvalue weighted by Gasteiger charge is 2.50. The van der Waals surface area contributed by atoms with Crippen LogP contribution in [0.5, 0.6) is 0 Å². The molecule has 2 amide bonds. The molecule has 5 nitrogen and oxygen atoms in total. The summed E-state index contributed by atoms with van der Waals surface area (Å²) in [6, 6.07) is -0.213. The van der Waals surface area contributed by atoms with E-state index in [1.165, 1.54) is 25.7 Å². The minimum Gasteiger partial charge on any atom is -0.481 e. The van der Waals surface area contributed by atoms with Crippen LogP contribution in [0.3, 0.4) is 0 Å². The lowest BCUT2D eigenvalue weighted by molar-refractivity contribution is -0.143. The lowest BCUT2D eigenvalue weighted by atomic mass is 9.89. The average Bonchev–Trinajstić information content (AvgIpc) is 2.91. The van der Waals surface area contributed by atoms with E-state index in [2.05, 4.69) is 10.6 Å². The summed E-state index contributed by atoms with van der Waals surface area (Å²) in [6.45, 7) is 0.998. The Morgan fingerprint density at radius 3 is 2.47 bits per heavy atom. The smallest absolute Gasteiger partial charge is 0.314 e. The summed E-state index contributed by atoms with van der Waals surface area (Å²) in [5.41, 5.74) is -0.677. The molecule has 3 fully saturated rings. The second kappa shape index (κ2) is 4.69. The molecule has 0 aliphatic heterocycles. The lowest BCUT2D eigenvalue weighted by Crippen LogP contribution is -2.42. The number of hydrogen-bond donors (Lipinski definition) is 3. The van der Waals surface area contributed by atoms with E-state index in [-0.39, 0.29) is 12.6 Å². The number of carboxylic acids is 1. The summed E-state index contributed by atoms with van der Waals surface area (Å²) in [7, 11) is 0. The van der Waals surface area contributed by atoms with Crippen LogP contribution in [0, 0.1) is 23.2 Å². The van der Waals surface area contributed by atoms with E-state index in [1.54, 1.807) is 0 Å². The van der Waals surface area contributed by atoms with Crippen molar-refractivity contribution in [1.29, 1.82) is 0 Å². The third kappa shape index (κ3) is 2.55. The van der Waals surface area contributed by atoms with Gasteiger partial charge in [0.15, 0.2) is 0 Å². The third-order valence-electron chi connectivity index (χ3n) is 5.30. The van der Waals surface area contributed by atoms with Gasteiger partial charge in [0.25, 0.3) is 0 Å². The summed E-state index contributed by atoms with van der Waals surface area (Å²) < 4.78 is 0. The minimum atomic E-state index is -0.791. The number of hydrogen-bond acceptors (Lipinski definition) is 2. The van der Waals surface area contributed by atoms with E-state index in [0.29, 0.717) is 18.8 Å². The van der Waals surface area contributed by atoms with Gasteiger partial charge in [0, 0.05) is 13.1 Å². The average molecular weight is 266 g/mol. The number of carbonyl (C=O) groups excluding carboxylic acids is 1. The van der Waals surface area contributed by atoms with Crippen LogP contribution in [-0.4, -0.2) is 30.2 Å². The Hall–Kier alpha value is -1.26. The monoisotopic (exact) mass is 266 g/mol. The topological polar surface area (TPSA) is 78.4 Å². The maximum Gasteiger partial charge on any atom is 0.314 e. The quantitative estimate of drug-likeness (QED) is 0.707. The van der Waals surface area contributed by atoms with E-state index in [1.807, 2.05) is 0 Å². The van der Waals surface area contributed by atoms with Gasteiger partial charge in [-0.15, -0.1) is 0 Å². The Morgan fingerprint density at radius 1 is 1.16 bits per heavy atom. The molecule has 3 rings (SSSR count). The molecule has 0 saturated heterocycles. The highest BCUT2D eigenvalue weighted by Crippen LogP contribution is 2.48. The standard InChI is InChI=1S/C14H22N2O3/c17-12(18)14(3-4-14)8-16-13(19)15-7-11-6-9-1-2-10(11)5-9/h9-11H,1-8H2,(H,17,18)(H2,15,16,19). The molecular weight excluding hydrogens is 244 g/mol. The number of carbonyl (C=O) groups is 2. The molecule has 3 unspecified atom stereocenters. The molecule has 19 heavy (non-hydrogen) atoms. The molecule has 5 heteroatoms. The number of urea groups is 1. The first kappa shape index (κ1) is 12.8. The van der Waals surface area contributed by atoms with E-state index in [9.17, 15) is 9.59 Å². The second-order valence-electron chi connectivity index (χ2n) is 6.58. The number of nitrogens with one attached hydrogen (secondary N) is 2. The van der Waals surface area contributed by atoms with Gasteiger partial charge >= 0.3 is 12.0 Å². The number of fused-ring (bicyclic) bond motifs is 2. The van der Waals surface area contributed by atoms with Crippen LogP contribution in [0.4, 0.5) is 4.79 Å². The molecule has 3 saturated carbocycles. The molecule has 3 atom stereocenters. The molecule has 2 bridgehead atoms. The zero-order valence-electron chi connectivity index (χ0n) is 11.2. The van der Waals surface area contributed by atoms with Gasteiger partial charge in [-0.25, -0.2) is 4.79 Å². The van der Waals surface area contributed by atoms with Crippen molar-refractivity contribution in [2.24, 2.45) is 23.2 Å². The Bertz CT molecular complexity index is 392. The lowest BCUT2D eigenvalue weighted by Gasteiger charge is -2.22. The maximum absolute atomic E-state index is 11.7. The van der Waals surface area contributed by atoms with Gasteiger partial charge in [0.05, 0.1) is 5.41 Å². The van der Waals surface area contributed by atoms with Crippen molar-refractivity contribution >= 4 is 12.0 Å². The molecule has 0 heterocycles. The summed E-state index contributed by atoms with van der Waals surface area (Å²) in [5, 5.41) is 14.6. The highest BCUT2D eigenvalue weighted by molar-refractivity contribution is 5.80. The summed E-state index contributed by atoms with van der Waals surface area (Å²) in [6.07, 6.45) is 6.64. The fourth-order valence-corrected chi connectivity index (χ4v) is 3.78. The van der Waals surface area contributed by atoms with Crippen molar-refractivity contribution in [3.8, 4) is 0 Å². The number of rotatable bonds is 5. The van der Waals surface area contributed by atoms with Gasteiger partial charge in [0.2, 0.25) is 0 Å². The van der Waals surface area contributed by atoms with Crippen LogP contribution >= 0.6 is 0 Å². The van der Waals surface area contributed by atoms with E-state index in [0.717, 1.165) is 18.4 Å². The first-order valence-electron chi connectivity index (χ1n) is 7.34. The summed E-state index contributed by atoms with van der Waals surface area (Å²) >= 11 is 0. The molecule has 0 aromatic carbocycles. The van der Waals surface area contributed by atoms with Gasteiger partial charge in [-0.2, -0.15) is 0 Å². The molecule has 106 valence electrons. The van der Waals surface area contributed by atoms with E-state index in [4.69, 9.17) is 5.11 Å². The largest absolute Gasteiger partial charge is 0.481 e. The SMILES string of the molecule is O=C(NCC1CC2CCC1C2)NCC1(C(=O)O)CC1. The van der Waals surface area contributed by atoms with Crippen LogP contribution in [0.25, 0.3) is 0 Å². The molecule has 3 aliphatic rings. The van der Waals surface area contributed by atoms with Gasteiger partial charge < -0.3 is 15.7 Å². The second-order valence-corrected chi connectivity index (χ2v) is 6.58. The van der Waals surface area contributed by atoms with Crippen molar-refractivity contribution in [3.05, 3.63) is 0 Å². The molecule has 0 aromatic rings. The third-order valence-corrected chi connectivity index (χ3v) is 5.30. The summed E-state index contributed by atoms with van der Waals surface area (Å²) in [5.74, 6) is 1.54. The van der Waals surface area contributed by atoms with Crippen LogP contribution in [-0.2, 0) is 4.79 Å². The normalized spacial score (nSPS) is 34.0. The van der Waals surface area contributed by atoms with Gasteiger partial charge in [-0.3, -0.25) is 4.79 Å². The Balaban J connectivity index is 1.37. The van der Waals surface area contributed by atoms with E-state index >= 15 is 0 Å². The molecular formula is C14H22N2O3. The highest BCUT2D eigenvalue weighted by atomic mass is 16.4. The Morgan fingerprint density at radius 2 is 1.95 bits per heavy atom. The van der Waals surface area contributed by atoms with Crippen molar-refractivity contribution in [3.63, 3.8) is 0 Å². The van der Waals surface area contributed by atoms with Crippen LogP contribution < -0.4 is 10.6 Å². The van der Waals surface area contributed by atoms with Crippen molar-refractivity contribution < 1.29 is 14.7 Å². The van der Waals surface area contributed by atoms with Gasteiger partial charge in [0.1, 0.15) is 0 Å². The molecule has 0 radical (unpaired) electrons. The zero-order chi connectivity index (χ0) is 13.5. The first-order chi connectivity index (χ1) is 9.09.